The largest absolute Gasteiger partial charge is 0.489 e. The first-order valence-corrected chi connectivity index (χ1v) is 10.5. The van der Waals surface area contributed by atoms with Gasteiger partial charge in [0.25, 0.3) is 5.56 Å². The molecule has 8 nitrogen and oxygen atoms in total. The molecule has 0 bridgehead atoms. The van der Waals surface area contributed by atoms with Gasteiger partial charge in [-0.3, -0.25) is 19.5 Å². The summed E-state index contributed by atoms with van der Waals surface area (Å²) in [5.74, 6) is -1.35. The second kappa shape index (κ2) is 10.7. The first-order valence-electron chi connectivity index (χ1n) is 10.1. The van der Waals surface area contributed by atoms with Crippen LogP contribution in [0.3, 0.4) is 0 Å². The number of hydrogen-bond acceptors (Lipinski definition) is 5. The third kappa shape index (κ3) is 5.59. The monoisotopic (exact) mass is 457 g/mol. The van der Waals surface area contributed by atoms with Crippen LogP contribution >= 0.6 is 11.6 Å². The van der Waals surface area contributed by atoms with Crippen molar-refractivity contribution in [2.45, 2.75) is 32.3 Å². The number of aromatic nitrogens is 2. The second-order valence-corrected chi connectivity index (χ2v) is 7.50. The molecule has 3 rings (SSSR count). The Morgan fingerprint density at radius 3 is 2.53 bits per heavy atom. The number of esters is 1. The lowest BCUT2D eigenvalue weighted by atomic mass is 9.87. The van der Waals surface area contributed by atoms with Crippen LogP contribution in [-0.2, 0) is 27.4 Å². The van der Waals surface area contributed by atoms with E-state index in [1.165, 1.54) is 0 Å². The Bertz CT molecular complexity index is 1150. The molecule has 0 radical (unpaired) electrons. The van der Waals surface area contributed by atoms with Gasteiger partial charge in [0, 0.05) is 34.1 Å². The molecule has 0 fully saturated rings. The smallest absolute Gasteiger partial charge is 0.311 e. The number of benzene rings is 2. The predicted molar refractivity (Wildman–Crippen MR) is 120 cm³/mol. The topological polar surface area (TPSA) is 127 Å². The van der Waals surface area contributed by atoms with Gasteiger partial charge < -0.3 is 20.3 Å². The molecule has 9 heteroatoms. The molecule has 3 aromatic rings. The maximum absolute atomic E-state index is 12.7. The first kappa shape index (κ1) is 23.1. The number of amides is 1. The molecular formula is C23H24ClN3O5. The van der Waals surface area contributed by atoms with E-state index in [2.05, 4.69) is 10.2 Å². The van der Waals surface area contributed by atoms with Crippen LogP contribution in [0.25, 0.3) is 0 Å². The molecule has 1 amide bonds. The quantitative estimate of drug-likeness (QED) is 0.403. The van der Waals surface area contributed by atoms with Crippen LogP contribution in [0.1, 0.15) is 41.6 Å². The minimum absolute atomic E-state index is 0.150. The van der Waals surface area contributed by atoms with Crippen molar-refractivity contribution < 1.29 is 19.1 Å². The van der Waals surface area contributed by atoms with Crippen molar-refractivity contribution in [2.75, 3.05) is 6.61 Å². The molecule has 0 aliphatic rings. The van der Waals surface area contributed by atoms with Gasteiger partial charge in [-0.1, -0.05) is 48.0 Å². The lowest BCUT2D eigenvalue weighted by Gasteiger charge is -2.20. The minimum atomic E-state index is -0.727. The van der Waals surface area contributed by atoms with Crippen LogP contribution in [0.5, 0.6) is 5.75 Å². The molecule has 0 unspecified atom stereocenters. The molecule has 0 spiro atoms. The number of ether oxygens (including phenoxy) is 2. The standard InChI is InChI=1S/C23H24ClN3O5/c1-2-31-21(29)12-18-22(23(30)27-26-18)16(11-20(25)28)15-8-4-6-10-19(15)32-13-14-7-3-5-9-17(14)24/h3-10,16H,2,11-13H2,1H3,(H2,25,28)(H2,26,27,30)/t16-/m1/s1. The lowest BCUT2D eigenvalue weighted by molar-refractivity contribution is -0.142. The lowest BCUT2D eigenvalue weighted by Crippen LogP contribution is -2.22. The van der Waals surface area contributed by atoms with Gasteiger partial charge >= 0.3 is 5.97 Å². The van der Waals surface area contributed by atoms with Crippen LogP contribution in [-0.4, -0.2) is 28.7 Å². The number of nitrogens with one attached hydrogen (secondary N) is 2. The molecule has 1 atom stereocenters. The van der Waals surface area contributed by atoms with Crippen molar-refractivity contribution in [1.82, 2.24) is 10.2 Å². The van der Waals surface area contributed by atoms with E-state index in [0.29, 0.717) is 22.0 Å². The highest BCUT2D eigenvalue weighted by molar-refractivity contribution is 6.31. The van der Waals surface area contributed by atoms with E-state index >= 15 is 0 Å². The Hall–Kier alpha value is -3.52. The number of aromatic amines is 2. The van der Waals surface area contributed by atoms with E-state index < -0.39 is 23.4 Å². The van der Waals surface area contributed by atoms with Gasteiger partial charge in [0.2, 0.25) is 5.91 Å². The van der Waals surface area contributed by atoms with E-state index in [9.17, 15) is 14.4 Å². The zero-order chi connectivity index (χ0) is 23.1. The summed E-state index contributed by atoms with van der Waals surface area (Å²) >= 11 is 6.22. The summed E-state index contributed by atoms with van der Waals surface area (Å²) in [5.41, 5.74) is 7.02. The molecule has 0 aliphatic heterocycles. The number of para-hydroxylation sites is 1. The normalized spacial score (nSPS) is 11.7. The second-order valence-electron chi connectivity index (χ2n) is 7.09. The SMILES string of the molecule is CCOC(=O)Cc1[nH][nH]c(=O)c1[C@H](CC(N)=O)c1ccccc1OCc1ccccc1Cl. The Kier molecular flexibility index (Phi) is 7.72. The summed E-state index contributed by atoms with van der Waals surface area (Å²) in [6.45, 7) is 2.10. The molecule has 1 heterocycles. The van der Waals surface area contributed by atoms with Gasteiger partial charge in [-0.2, -0.15) is 0 Å². The van der Waals surface area contributed by atoms with Crippen molar-refractivity contribution in [2.24, 2.45) is 5.73 Å². The van der Waals surface area contributed by atoms with E-state index in [0.717, 1.165) is 5.56 Å². The van der Waals surface area contributed by atoms with Crippen molar-refractivity contribution in [3.05, 3.63) is 86.3 Å². The van der Waals surface area contributed by atoms with Crippen molar-refractivity contribution >= 4 is 23.5 Å². The molecule has 1 aromatic heterocycles. The Morgan fingerprint density at radius 1 is 1.09 bits per heavy atom. The molecule has 0 saturated heterocycles. The summed E-state index contributed by atoms with van der Waals surface area (Å²) < 4.78 is 11.0. The fraction of sp³-hybridized carbons (Fsp3) is 0.261. The van der Waals surface area contributed by atoms with E-state index in [4.69, 9.17) is 26.8 Å². The highest BCUT2D eigenvalue weighted by atomic mass is 35.5. The number of primary amides is 1. The van der Waals surface area contributed by atoms with Crippen molar-refractivity contribution in [3.63, 3.8) is 0 Å². The third-order valence-electron chi connectivity index (χ3n) is 4.91. The Morgan fingerprint density at radius 2 is 1.81 bits per heavy atom. The number of rotatable bonds is 10. The summed E-state index contributed by atoms with van der Waals surface area (Å²) in [5, 5.41) is 5.78. The summed E-state index contributed by atoms with van der Waals surface area (Å²) in [6, 6.07) is 14.4. The maximum atomic E-state index is 12.7. The summed E-state index contributed by atoms with van der Waals surface area (Å²) in [4.78, 5) is 36.6. The molecular weight excluding hydrogens is 434 g/mol. The van der Waals surface area contributed by atoms with Gasteiger partial charge in [-0.05, 0) is 19.1 Å². The number of halogens is 1. The highest BCUT2D eigenvalue weighted by Crippen LogP contribution is 2.35. The predicted octanol–water partition coefficient (Wildman–Crippen LogP) is 3.05. The van der Waals surface area contributed by atoms with Gasteiger partial charge in [0.15, 0.2) is 0 Å². The molecule has 4 N–H and O–H groups in total. The molecule has 0 saturated carbocycles. The summed E-state index contributed by atoms with van der Waals surface area (Å²) in [7, 11) is 0. The zero-order valence-corrected chi connectivity index (χ0v) is 18.3. The average Bonchev–Trinajstić information content (AvgIpc) is 3.11. The van der Waals surface area contributed by atoms with E-state index in [-0.39, 0.29) is 31.6 Å². The van der Waals surface area contributed by atoms with Crippen molar-refractivity contribution in [1.29, 1.82) is 0 Å². The van der Waals surface area contributed by atoms with Crippen LogP contribution in [0, 0.1) is 0 Å². The van der Waals surface area contributed by atoms with E-state index in [1.54, 1.807) is 37.3 Å². The van der Waals surface area contributed by atoms with Crippen LogP contribution in [0.2, 0.25) is 5.02 Å². The fourth-order valence-corrected chi connectivity index (χ4v) is 3.70. The van der Waals surface area contributed by atoms with Gasteiger partial charge in [0.05, 0.1) is 18.7 Å². The van der Waals surface area contributed by atoms with Crippen LogP contribution in [0.4, 0.5) is 0 Å². The summed E-state index contributed by atoms with van der Waals surface area (Å²) in [6.07, 6.45) is -0.303. The molecule has 32 heavy (non-hydrogen) atoms. The van der Waals surface area contributed by atoms with Gasteiger partial charge in [-0.25, -0.2) is 0 Å². The number of H-pyrrole nitrogens is 2. The average molecular weight is 458 g/mol. The fourth-order valence-electron chi connectivity index (χ4n) is 3.51. The number of carbonyl (C=O) groups is 2. The van der Waals surface area contributed by atoms with Crippen molar-refractivity contribution in [3.8, 4) is 5.75 Å². The van der Waals surface area contributed by atoms with Gasteiger partial charge in [0.1, 0.15) is 12.4 Å². The zero-order valence-electron chi connectivity index (χ0n) is 17.5. The van der Waals surface area contributed by atoms with Crippen LogP contribution < -0.4 is 16.0 Å². The number of nitrogens with two attached hydrogens (primary N) is 1. The van der Waals surface area contributed by atoms with Crippen LogP contribution in [0.15, 0.2) is 53.3 Å². The molecule has 168 valence electrons. The minimum Gasteiger partial charge on any atom is -0.489 e. The number of hydrogen-bond donors (Lipinski definition) is 3. The Labute approximate surface area is 189 Å². The molecule has 2 aromatic carbocycles. The van der Waals surface area contributed by atoms with Gasteiger partial charge in [-0.15, -0.1) is 0 Å². The first-order chi connectivity index (χ1) is 15.4. The molecule has 0 aliphatic carbocycles. The highest BCUT2D eigenvalue weighted by Gasteiger charge is 2.28. The Balaban J connectivity index is 1.99. The number of carbonyl (C=O) groups excluding carboxylic acids is 2. The van der Waals surface area contributed by atoms with E-state index in [1.807, 2.05) is 18.2 Å². The third-order valence-corrected chi connectivity index (χ3v) is 5.28. The maximum Gasteiger partial charge on any atom is 0.311 e.